The minimum Gasteiger partial charge on any atom is -0.338 e. The fourth-order valence-electron chi connectivity index (χ4n) is 1.38. The van der Waals surface area contributed by atoms with E-state index in [1.54, 1.807) is 22.8 Å². The highest BCUT2D eigenvalue weighted by molar-refractivity contribution is 6.25. The fraction of sp³-hybridized carbons (Fsp3) is 0.429. The van der Waals surface area contributed by atoms with E-state index < -0.39 is 0 Å². The fourth-order valence-corrected chi connectivity index (χ4v) is 1.51. The van der Waals surface area contributed by atoms with Crippen LogP contribution in [0.15, 0.2) is 6.20 Å². The average molecular weight is 201 g/mol. The predicted molar refractivity (Wildman–Crippen MR) is 48.7 cm³/mol. The number of anilines is 1. The molecule has 0 atom stereocenters. The Morgan fingerprint density at radius 3 is 3.08 bits per heavy atom. The van der Waals surface area contributed by atoms with Crippen molar-refractivity contribution in [3.63, 3.8) is 0 Å². The number of aromatic nitrogens is 2. The van der Waals surface area contributed by atoms with E-state index in [2.05, 4.69) is 9.93 Å². The summed E-state index contributed by atoms with van der Waals surface area (Å²) in [6, 6.07) is 0. The molecule has 13 heavy (non-hydrogen) atoms. The first-order chi connectivity index (χ1) is 6.24. The van der Waals surface area contributed by atoms with Crippen LogP contribution in [0.1, 0.15) is 10.5 Å². The average Bonchev–Trinajstić information content (AvgIpc) is 2.55. The van der Waals surface area contributed by atoms with Crippen LogP contribution in [0, 0.1) is 0 Å². The molecule has 0 saturated heterocycles. The molecule has 0 fully saturated rings. The number of hydrogen-bond donors (Lipinski definition) is 1. The summed E-state index contributed by atoms with van der Waals surface area (Å²) < 4.78 is 1.66. The van der Waals surface area contributed by atoms with E-state index in [0.29, 0.717) is 17.9 Å². The van der Waals surface area contributed by atoms with Crippen LogP contribution in [-0.4, -0.2) is 34.2 Å². The quantitative estimate of drug-likeness (QED) is 0.673. The first kappa shape index (κ1) is 8.37. The molecule has 0 bridgehead atoms. The lowest BCUT2D eigenvalue weighted by Gasteiger charge is -2.23. The van der Waals surface area contributed by atoms with Crippen molar-refractivity contribution in [2.75, 3.05) is 18.4 Å². The molecule has 70 valence electrons. The van der Waals surface area contributed by atoms with Gasteiger partial charge in [-0.3, -0.25) is 14.3 Å². The van der Waals surface area contributed by atoms with Crippen molar-refractivity contribution < 1.29 is 4.79 Å². The van der Waals surface area contributed by atoms with Gasteiger partial charge in [0.2, 0.25) is 0 Å². The number of nitrogens with one attached hydrogen (secondary N) is 1. The zero-order valence-corrected chi connectivity index (χ0v) is 7.88. The number of hydrogen-bond acceptors (Lipinski definition) is 3. The lowest BCUT2D eigenvalue weighted by atomic mass is 10.3. The van der Waals surface area contributed by atoms with Crippen molar-refractivity contribution in [3.8, 4) is 0 Å². The number of likely N-dealkylation sites (N-methyl/N-ethyl adjacent to an activating group) is 1. The van der Waals surface area contributed by atoms with Gasteiger partial charge in [-0.15, -0.1) is 0 Å². The second-order valence-corrected chi connectivity index (χ2v) is 3.14. The largest absolute Gasteiger partial charge is 0.338 e. The Hall–Kier alpha value is -1.23. The smallest absolute Gasteiger partial charge is 0.274 e. The normalized spacial score (nSPS) is 15.8. The van der Waals surface area contributed by atoms with Crippen LogP contribution in [-0.2, 0) is 6.54 Å². The van der Waals surface area contributed by atoms with E-state index in [4.69, 9.17) is 11.8 Å². The Labute approximate surface area is 80.4 Å². The lowest BCUT2D eigenvalue weighted by molar-refractivity contribution is 0.0744. The van der Waals surface area contributed by atoms with E-state index in [1.807, 2.05) is 0 Å². The van der Waals surface area contributed by atoms with Crippen molar-refractivity contribution >= 4 is 23.4 Å². The Morgan fingerprint density at radius 2 is 2.38 bits per heavy atom. The van der Waals surface area contributed by atoms with Gasteiger partial charge in [-0.1, -0.05) is 0 Å². The molecule has 2 heterocycles. The van der Waals surface area contributed by atoms with Crippen LogP contribution in [0.3, 0.4) is 0 Å². The lowest BCUT2D eigenvalue weighted by Crippen LogP contribution is -2.37. The molecular weight excluding hydrogens is 192 g/mol. The summed E-state index contributed by atoms with van der Waals surface area (Å²) in [5.41, 5.74) is 1.10. The predicted octanol–water partition coefficient (Wildman–Crippen LogP) is 0.534. The van der Waals surface area contributed by atoms with Gasteiger partial charge in [-0.05, 0) is 0 Å². The minimum atomic E-state index is -0.0492. The molecule has 0 radical (unpaired) electrons. The van der Waals surface area contributed by atoms with Crippen LogP contribution >= 0.6 is 11.8 Å². The maximum atomic E-state index is 11.6. The molecule has 0 unspecified atom stereocenters. The molecule has 1 aliphatic heterocycles. The molecule has 0 aromatic carbocycles. The molecule has 0 aliphatic carbocycles. The van der Waals surface area contributed by atoms with Crippen molar-refractivity contribution in [1.82, 2.24) is 14.7 Å². The molecule has 5 nitrogen and oxygen atoms in total. The van der Waals surface area contributed by atoms with Gasteiger partial charge in [0, 0.05) is 25.4 Å². The van der Waals surface area contributed by atoms with Crippen molar-refractivity contribution in [1.29, 1.82) is 0 Å². The second-order valence-electron chi connectivity index (χ2n) is 2.95. The highest BCUT2D eigenvalue weighted by Gasteiger charge is 2.25. The summed E-state index contributed by atoms with van der Waals surface area (Å²) in [6.07, 6.45) is 1.55. The third-order valence-corrected chi connectivity index (χ3v) is 2.34. The van der Waals surface area contributed by atoms with Crippen LogP contribution in [0.4, 0.5) is 5.69 Å². The second kappa shape index (κ2) is 2.92. The summed E-state index contributed by atoms with van der Waals surface area (Å²) in [7, 11) is 1.76. The molecule has 0 saturated carbocycles. The number of nitrogens with zero attached hydrogens (tertiary/aromatic N) is 3. The molecule has 1 amide bonds. The molecule has 1 aromatic rings. The summed E-state index contributed by atoms with van der Waals surface area (Å²) in [6.45, 7) is 1.41. The van der Waals surface area contributed by atoms with Crippen molar-refractivity contribution in [2.24, 2.45) is 0 Å². The van der Waals surface area contributed by atoms with Gasteiger partial charge in [0.1, 0.15) is 5.69 Å². The Bertz CT molecular complexity index is 335. The molecule has 2 rings (SSSR count). The Balaban J connectivity index is 2.49. The van der Waals surface area contributed by atoms with Gasteiger partial charge >= 0.3 is 0 Å². The van der Waals surface area contributed by atoms with Gasteiger partial charge in [0.05, 0.1) is 12.7 Å². The number of fused-ring (bicyclic) bond motifs is 1. The maximum absolute atomic E-state index is 11.6. The number of amides is 1. The van der Waals surface area contributed by atoms with Gasteiger partial charge in [-0.25, -0.2) is 0 Å². The summed E-state index contributed by atoms with van der Waals surface area (Å²) in [5.74, 6) is -0.0492. The van der Waals surface area contributed by atoms with Gasteiger partial charge in [-0.2, -0.15) is 5.10 Å². The number of carbonyl (C=O) groups is 1. The molecule has 1 N–H and O–H groups in total. The molecule has 0 spiro atoms. The highest BCUT2D eigenvalue weighted by Crippen LogP contribution is 2.20. The van der Waals surface area contributed by atoms with Crippen molar-refractivity contribution in [3.05, 3.63) is 11.9 Å². The van der Waals surface area contributed by atoms with Crippen LogP contribution in [0.5, 0.6) is 0 Å². The highest BCUT2D eigenvalue weighted by atomic mass is 35.5. The SMILES string of the molecule is CN1CCn2ncc(NCl)c2C1=O. The maximum Gasteiger partial charge on any atom is 0.274 e. The third kappa shape index (κ3) is 1.16. The number of halogens is 1. The minimum absolute atomic E-state index is 0.0492. The molecule has 1 aromatic heterocycles. The van der Waals surface area contributed by atoms with Crippen molar-refractivity contribution in [2.45, 2.75) is 6.54 Å². The molecule has 1 aliphatic rings. The van der Waals surface area contributed by atoms with Crippen LogP contribution in [0.2, 0.25) is 0 Å². The Morgan fingerprint density at radius 1 is 1.62 bits per heavy atom. The zero-order chi connectivity index (χ0) is 9.42. The third-order valence-electron chi connectivity index (χ3n) is 2.14. The van der Waals surface area contributed by atoms with Crippen LogP contribution in [0.25, 0.3) is 0 Å². The zero-order valence-electron chi connectivity index (χ0n) is 7.12. The van der Waals surface area contributed by atoms with E-state index in [0.717, 1.165) is 6.54 Å². The Kier molecular flexibility index (Phi) is 1.88. The van der Waals surface area contributed by atoms with Gasteiger partial charge in [0.15, 0.2) is 5.69 Å². The van der Waals surface area contributed by atoms with E-state index >= 15 is 0 Å². The number of carbonyl (C=O) groups excluding carboxylic acids is 1. The summed E-state index contributed by atoms with van der Waals surface area (Å²) in [5, 5.41) is 4.03. The van der Waals surface area contributed by atoms with E-state index in [1.165, 1.54) is 0 Å². The summed E-state index contributed by atoms with van der Waals surface area (Å²) >= 11 is 5.44. The van der Waals surface area contributed by atoms with Crippen LogP contribution < -0.4 is 4.84 Å². The molecular formula is C7H9ClN4O. The molecule has 6 heteroatoms. The van der Waals surface area contributed by atoms with E-state index in [9.17, 15) is 4.79 Å². The summed E-state index contributed by atoms with van der Waals surface area (Å²) in [4.78, 5) is 15.7. The number of rotatable bonds is 1. The van der Waals surface area contributed by atoms with Gasteiger partial charge in [0.25, 0.3) is 5.91 Å². The standard InChI is InChI=1S/C7H9ClN4O/c1-11-2-3-12-6(7(11)13)5(10-8)4-9-12/h4,10H,2-3H2,1H3. The monoisotopic (exact) mass is 200 g/mol. The van der Waals surface area contributed by atoms with E-state index in [-0.39, 0.29) is 5.91 Å². The topological polar surface area (TPSA) is 50.2 Å². The first-order valence-electron chi connectivity index (χ1n) is 3.92. The van der Waals surface area contributed by atoms with Gasteiger partial charge < -0.3 is 4.90 Å². The first-order valence-corrected chi connectivity index (χ1v) is 4.29.